The number of hydrogen-bond acceptors (Lipinski definition) is 6. The molecule has 0 bridgehead atoms. The predicted molar refractivity (Wildman–Crippen MR) is 75.4 cm³/mol. The Morgan fingerprint density at radius 2 is 2.45 bits per heavy atom. The molecule has 8 heteroatoms. The fraction of sp³-hybridized carbons (Fsp3) is 0.583. The van der Waals surface area contributed by atoms with Crippen LogP contribution in [0.2, 0.25) is 0 Å². The van der Waals surface area contributed by atoms with Crippen molar-refractivity contribution in [3.63, 3.8) is 0 Å². The van der Waals surface area contributed by atoms with Crippen LogP contribution in [0.25, 0.3) is 0 Å². The van der Waals surface area contributed by atoms with Crippen molar-refractivity contribution in [2.75, 3.05) is 31.6 Å². The Kier molecular flexibility index (Phi) is 5.45. The third kappa shape index (κ3) is 4.26. The molecule has 2 rings (SSSR count). The molecule has 20 heavy (non-hydrogen) atoms. The Hall–Kier alpha value is -1.51. The van der Waals surface area contributed by atoms with Gasteiger partial charge in [-0.25, -0.2) is 4.98 Å². The number of carbonyl (C=O) groups excluding carboxylic acids is 2. The zero-order valence-corrected chi connectivity index (χ0v) is 11.9. The van der Waals surface area contributed by atoms with Gasteiger partial charge in [0.2, 0.25) is 5.91 Å². The highest BCUT2D eigenvalue weighted by molar-refractivity contribution is 7.13. The zero-order valence-electron chi connectivity index (χ0n) is 11.1. The van der Waals surface area contributed by atoms with E-state index in [2.05, 4.69) is 10.3 Å². The van der Waals surface area contributed by atoms with Gasteiger partial charge in [0.05, 0.1) is 12.6 Å². The Balaban J connectivity index is 1.73. The molecule has 1 aliphatic heterocycles. The van der Waals surface area contributed by atoms with Crippen LogP contribution in [-0.4, -0.2) is 54.0 Å². The van der Waals surface area contributed by atoms with Crippen LogP contribution in [0, 0.1) is 0 Å². The molecule has 1 atom stereocenters. The molecule has 1 saturated heterocycles. The Labute approximate surface area is 121 Å². The van der Waals surface area contributed by atoms with Crippen LogP contribution in [0.4, 0.5) is 5.13 Å². The lowest BCUT2D eigenvalue weighted by atomic mass is 10.1. The Bertz CT molecular complexity index is 452. The number of hydrogen-bond donors (Lipinski definition) is 2. The maximum Gasteiger partial charge on any atom is 0.252 e. The number of carbonyl (C=O) groups is 2. The van der Waals surface area contributed by atoms with Crippen molar-refractivity contribution < 1.29 is 14.3 Å². The molecule has 1 aromatic heterocycles. The molecule has 0 radical (unpaired) electrons. The highest BCUT2D eigenvalue weighted by Gasteiger charge is 2.23. The molecule has 0 saturated carbocycles. The first-order chi connectivity index (χ1) is 9.69. The lowest BCUT2D eigenvalue weighted by Gasteiger charge is -2.32. The first kappa shape index (κ1) is 14.9. The molecule has 1 aliphatic rings. The molecule has 1 fully saturated rings. The molecule has 0 aliphatic carbocycles. The number of anilines is 1. The Morgan fingerprint density at radius 1 is 1.60 bits per heavy atom. The van der Waals surface area contributed by atoms with E-state index < -0.39 is 0 Å². The third-order valence-electron chi connectivity index (χ3n) is 3.03. The molecular weight excluding hydrogens is 280 g/mol. The van der Waals surface area contributed by atoms with Crippen molar-refractivity contribution in [2.24, 2.45) is 5.73 Å². The van der Waals surface area contributed by atoms with E-state index in [0.29, 0.717) is 18.2 Å². The molecular formula is C12H18N4O3S. The standard InChI is InChI=1S/C12H18N4O3S/c13-6-11(18)16-4-1-2-9(7-16)19-8-10(17)15-12-14-3-5-20-12/h3,5,9H,1-2,4,6-8,13H2,(H,14,15,17). The number of ether oxygens (including phenoxy) is 1. The first-order valence-electron chi connectivity index (χ1n) is 6.48. The highest BCUT2D eigenvalue weighted by Crippen LogP contribution is 2.14. The van der Waals surface area contributed by atoms with Gasteiger partial charge in [0, 0.05) is 24.7 Å². The number of aromatic nitrogens is 1. The number of likely N-dealkylation sites (tertiary alicyclic amines) is 1. The maximum absolute atomic E-state index is 11.7. The zero-order chi connectivity index (χ0) is 14.4. The van der Waals surface area contributed by atoms with Gasteiger partial charge in [0.25, 0.3) is 5.91 Å². The van der Waals surface area contributed by atoms with E-state index in [1.807, 2.05) is 0 Å². The summed E-state index contributed by atoms with van der Waals surface area (Å²) in [5, 5.41) is 4.99. The number of piperidine rings is 1. The van der Waals surface area contributed by atoms with Crippen LogP contribution < -0.4 is 11.1 Å². The molecule has 0 aromatic carbocycles. The van der Waals surface area contributed by atoms with Gasteiger partial charge in [0.15, 0.2) is 5.13 Å². The van der Waals surface area contributed by atoms with Crippen molar-refractivity contribution in [1.82, 2.24) is 9.88 Å². The van der Waals surface area contributed by atoms with Crippen molar-refractivity contribution in [3.8, 4) is 0 Å². The van der Waals surface area contributed by atoms with E-state index in [1.165, 1.54) is 11.3 Å². The molecule has 0 spiro atoms. The van der Waals surface area contributed by atoms with Gasteiger partial charge in [-0.3, -0.25) is 14.9 Å². The summed E-state index contributed by atoms with van der Waals surface area (Å²) in [6, 6.07) is 0. The molecule has 7 nitrogen and oxygen atoms in total. The summed E-state index contributed by atoms with van der Waals surface area (Å²) in [6.07, 6.45) is 3.23. The van der Waals surface area contributed by atoms with Gasteiger partial charge in [-0.05, 0) is 12.8 Å². The second kappa shape index (κ2) is 7.32. The number of nitrogens with two attached hydrogens (primary N) is 1. The molecule has 2 amide bonds. The van der Waals surface area contributed by atoms with E-state index in [9.17, 15) is 9.59 Å². The number of nitrogens with one attached hydrogen (secondary N) is 1. The van der Waals surface area contributed by atoms with Gasteiger partial charge < -0.3 is 15.4 Å². The topological polar surface area (TPSA) is 97.5 Å². The van der Waals surface area contributed by atoms with Crippen LogP contribution in [-0.2, 0) is 14.3 Å². The number of rotatable bonds is 5. The minimum atomic E-state index is -0.234. The van der Waals surface area contributed by atoms with Crippen molar-refractivity contribution in [1.29, 1.82) is 0 Å². The highest BCUT2D eigenvalue weighted by atomic mass is 32.1. The van der Waals surface area contributed by atoms with Crippen molar-refractivity contribution in [3.05, 3.63) is 11.6 Å². The first-order valence-corrected chi connectivity index (χ1v) is 7.36. The summed E-state index contributed by atoms with van der Waals surface area (Å²) in [5.74, 6) is -0.312. The van der Waals surface area contributed by atoms with Gasteiger partial charge in [-0.2, -0.15) is 0 Å². The minimum absolute atomic E-state index is 0.0112. The minimum Gasteiger partial charge on any atom is -0.367 e. The van der Waals surface area contributed by atoms with Gasteiger partial charge in [-0.15, -0.1) is 11.3 Å². The predicted octanol–water partition coefficient (Wildman–Crippen LogP) is 0.0479. The average Bonchev–Trinajstić information content (AvgIpc) is 2.97. The molecule has 1 unspecified atom stereocenters. The summed E-state index contributed by atoms with van der Waals surface area (Å²) < 4.78 is 5.55. The molecule has 3 N–H and O–H groups in total. The molecule has 110 valence electrons. The third-order valence-corrected chi connectivity index (χ3v) is 3.72. The van der Waals surface area contributed by atoms with Crippen molar-refractivity contribution in [2.45, 2.75) is 18.9 Å². The average molecular weight is 298 g/mol. The van der Waals surface area contributed by atoms with Crippen LogP contribution >= 0.6 is 11.3 Å². The second-order valence-electron chi connectivity index (χ2n) is 4.50. The normalized spacial score (nSPS) is 18.9. The van der Waals surface area contributed by atoms with Crippen molar-refractivity contribution >= 4 is 28.3 Å². The van der Waals surface area contributed by atoms with Crippen LogP contribution in [0.5, 0.6) is 0 Å². The lowest BCUT2D eigenvalue weighted by molar-refractivity contribution is -0.135. The fourth-order valence-electron chi connectivity index (χ4n) is 2.06. The lowest BCUT2D eigenvalue weighted by Crippen LogP contribution is -2.46. The quantitative estimate of drug-likeness (QED) is 0.800. The van der Waals surface area contributed by atoms with Crippen LogP contribution in [0.3, 0.4) is 0 Å². The van der Waals surface area contributed by atoms with E-state index in [1.54, 1.807) is 16.5 Å². The van der Waals surface area contributed by atoms with E-state index in [4.69, 9.17) is 10.5 Å². The summed E-state index contributed by atoms with van der Waals surface area (Å²) >= 11 is 1.35. The maximum atomic E-state index is 11.7. The van der Waals surface area contributed by atoms with Crippen LogP contribution in [0.15, 0.2) is 11.6 Å². The summed E-state index contributed by atoms with van der Waals surface area (Å²) in [4.78, 5) is 28.8. The SMILES string of the molecule is NCC(=O)N1CCCC(OCC(=O)Nc2nccs2)C1. The molecule has 2 heterocycles. The number of amides is 2. The fourth-order valence-corrected chi connectivity index (χ4v) is 2.61. The van der Waals surface area contributed by atoms with E-state index in [0.717, 1.165) is 12.8 Å². The number of thiazole rings is 1. The second-order valence-corrected chi connectivity index (χ2v) is 5.40. The smallest absolute Gasteiger partial charge is 0.252 e. The van der Waals surface area contributed by atoms with Crippen LogP contribution in [0.1, 0.15) is 12.8 Å². The summed E-state index contributed by atoms with van der Waals surface area (Å²) in [5.41, 5.74) is 5.34. The monoisotopic (exact) mass is 298 g/mol. The van der Waals surface area contributed by atoms with Gasteiger partial charge >= 0.3 is 0 Å². The summed E-state index contributed by atoms with van der Waals surface area (Å²) in [7, 11) is 0. The van der Waals surface area contributed by atoms with E-state index in [-0.39, 0.29) is 31.1 Å². The molecule has 1 aromatic rings. The van der Waals surface area contributed by atoms with E-state index >= 15 is 0 Å². The van der Waals surface area contributed by atoms with Gasteiger partial charge in [0.1, 0.15) is 6.61 Å². The summed E-state index contributed by atoms with van der Waals surface area (Å²) in [6.45, 7) is 1.19. The number of nitrogens with zero attached hydrogens (tertiary/aromatic N) is 2. The largest absolute Gasteiger partial charge is 0.367 e. The Morgan fingerprint density at radius 3 is 3.15 bits per heavy atom. The van der Waals surface area contributed by atoms with Gasteiger partial charge in [-0.1, -0.05) is 0 Å².